The highest BCUT2D eigenvalue weighted by Gasteiger charge is 2.43. The molecule has 1 aromatic carbocycles. The maximum absolute atomic E-state index is 12.2. The zero-order chi connectivity index (χ0) is 17.9. The summed E-state index contributed by atoms with van der Waals surface area (Å²) in [5.74, 6) is -2.08. The van der Waals surface area contributed by atoms with Crippen molar-refractivity contribution in [2.45, 2.75) is 38.5 Å². The monoisotopic (exact) mass is 392 g/mol. The third-order valence-corrected chi connectivity index (χ3v) is 5.06. The van der Waals surface area contributed by atoms with Crippen LogP contribution in [0.5, 0.6) is 0 Å². The van der Waals surface area contributed by atoms with Crippen LogP contribution in [0, 0.1) is 0 Å². The van der Waals surface area contributed by atoms with E-state index >= 15 is 0 Å². The quantitative estimate of drug-likeness (QED) is 0.720. The smallest absolute Gasteiger partial charge is 0.331 e. The van der Waals surface area contributed by atoms with E-state index in [0.717, 1.165) is 22.9 Å². The molecule has 5 heteroatoms. The fourth-order valence-electron chi connectivity index (χ4n) is 3.31. The van der Waals surface area contributed by atoms with Crippen LogP contribution in [0.3, 0.4) is 0 Å². The molecule has 1 unspecified atom stereocenters. The molecule has 1 atom stereocenters. The van der Waals surface area contributed by atoms with Gasteiger partial charge in [-0.15, -0.1) is 0 Å². The Hall–Kier alpha value is -1.88. The molecule has 0 spiro atoms. The van der Waals surface area contributed by atoms with E-state index in [2.05, 4.69) is 15.9 Å². The fraction of sp³-hybridized carbons (Fsp3) is 0.368. The van der Waals surface area contributed by atoms with Crippen molar-refractivity contribution < 1.29 is 19.8 Å². The van der Waals surface area contributed by atoms with Crippen LogP contribution < -0.4 is 0 Å². The summed E-state index contributed by atoms with van der Waals surface area (Å²) in [6.07, 6.45) is 4.73. The summed E-state index contributed by atoms with van der Waals surface area (Å²) in [5, 5.41) is 20.2. The highest BCUT2D eigenvalue weighted by Crippen LogP contribution is 2.40. The second-order valence-corrected chi connectivity index (χ2v) is 6.78. The Bertz CT molecular complexity index is 733. The lowest BCUT2D eigenvalue weighted by atomic mass is 9.69. The minimum absolute atomic E-state index is 0.0392. The van der Waals surface area contributed by atoms with Gasteiger partial charge in [0, 0.05) is 17.3 Å². The topological polar surface area (TPSA) is 74.6 Å². The number of hydrogen-bond acceptors (Lipinski definition) is 2. The SMILES string of the molecule is CCc1cccc(C2(C(=O)O)C=CC(C)=C(C(=O)O)C2)c1CCBr. The van der Waals surface area contributed by atoms with Crippen LogP contribution in [0.1, 0.15) is 37.0 Å². The first-order valence-electron chi connectivity index (χ1n) is 7.90. The van der Waals surface area contributed by atoms with Crippen LogP contribution in [-0.2, 0) is 27.8 Å². The summed E-state index contributed by atoms with van der Waals surface area (Å²) >= 11 is 3.44. The predicted octanol–water partition coefficient (Wildman–Crippen LogP) is 3.87. The van der Waals surface area contributed by atoms with Crippen LogP contribution in [0.2, 0.25) is 0 Å². The molecule has 0 bridgehead atoms. The molecule has 0 fully saturated rings. The van der Waals surface area contributed by atoms with E-state index in [4.69, 9.17) is 0 Å². The first-order chi connectivity index (χ1) is 11.4. The molecule has 0 heterocycles. The molecule has 2 N–H and O–H groups in total. The molecule has 24 heavy (non-hydrogen) atoms. The molecule has 128 valence electrons. The molecule has 0 saturated heterocycles. The van der Waals surface area contributed by atoms with E-state index in [1.165, 1.54) is 0 Å². The van der Waals surface area contributed by atoms with Gasteiger partial charge in [-0.05, 0) is 42.0 Å². The highest BCUT2D eigenvalue weighted by molar-refractivity contribution is 9.09. The Morgan fingerprint density at radius 2 is 2.00 bits per heavy atom. The summed E-state index contributed by atoms with van der Waals surface area (Å²) in [6.45, 7) is 3.74. The number of halogens is 1. The fourth-order valence-corrected chi connectivity index (χ4v) is 3.71. The molecular weight excluding hydrogens is 372 g/mol. The minimum Gasteiger partial charge on any atom is -0.480 e. The van der Waals surface area contributed by atoms with Crippen molar-refractivity contribution in [3.8, 4) is 0 Å². The molecule has 1 aliphatic carbocycles. The maximum Gasteiger partial charge on any atom is 0.331 e. The number of aliphatic carboxylic acids is 2. The van der Waals surface area contributed by atoms with E-state index in [0.29, 0.717) is 17.6 Å². The van der Waals surface area contributed by atoms with Crippen LogP contribution in [0.4, 0.5) is 0 Å². The summed E-state index contributed by atoms with van der Waals surface area (Å²) in [5.41, 5.74) is 2.21. The molecular formula is C19H21BrO4. The Labute approximate surface area is 150 Å². The maximum atomic E-state index is 12.2. The van der Waals surface area contributed by atoms with Gasteiger partial charge in [0.25, 0.3) is 0 Å². The van der Waals surface area contributed by atoms with E-state index in [1.54, 1.807) is 19.1 Å². The lowest BCUT2D eigenvalue weighted by molar-refractivity contribution is -0.142. The summed E-state index contributed by atoms with van der Waals surface area (Å²) in [4.78, 5) is 23.8. The number of hydrogen-bond donors (Lipinski definition) is 2. The van der Waals surface area contributed by atoms with Gasteiger partial charge in [-0.3, -0.25) is 4.79 Å². The van der Waals surface area contributed by atoms with Crippen LogP contribution in [-0.4, -0.2) is 27.5 Å². The number of carboxylic acids is 2. The van der Waals surface area contributed by atoms with Gasteiger partial charge in [0.05, 0.1) is 0 Å². The van der Waals surface area contributed by atoms with Crippen molar-refractivity contribution >= 4 is 27.9 Å². The lowest BCUT2D eigenvalue weighted by Crippen LogP contribution is -2.38. The third kappa shape index (κ3) is 3.18. The number of carbonyl (C=O) groups is 2. The number of benzene rings is 1. The molecule has 1 aliphatic rings. The van der Waals surface area contributed by atoms with Gasteiger partial charge in [-0.1, -0.05) is 53.2 Å². The number of allylic oxidation sites excluding steroid dienone is 2. The molecule has 0 saturated carbocycles. The Balaban J connectivity index is 2.69. The van der Waals surface area contributed by atoms with Gasteiger partial charge in [0.1, 0.15) is 5.41 Å². The number of carboxylic acid groups (broad SMARTS) is 2. The van der Waals surface area contributed by atoms with Gasteiger partial charge in [-0.25, -0.2) is 4.79 Å². The van der Waals surface area contributed by atoms with Crippen molar-refractivity contribution in [2.75, 3.05) is 5.33 Å². The van der Waals surface area contributed by atoms with Crippen LogP contribution in [0.15, 0.2) is 41.5 Å². The van der Waals surface area contributed by atoms with Gasteiger partial charge in [-0.2, -0.15) is 0 Å². The van der Waals surface area contributed by atoms with Gasteiger partial charge in [0.15, 0.2) is 0 Å². The number of alkyl halides is 1. The van der Waals surface area contributed by atoms with Gasteiger partial charge >= 0.3 is 11.9 Å². The number of aryl methyl sites for hydroxylation is 1. The zero-order valence-corrected chi connectivity index (χ0v) is 15.4. The van der Waals surface area contributed by atoms with E-state index in [1.807, 2.05) is 25.1 Å². The van der Waals surface area contributed by atoms with Crippen molar-refractivity contribution in [1.82, 2.24) is 0 Å². The van der Waals surface area contributed by atoms with E-state index in [-0.39, 0.29) is 12.0 Å². The summed E-state index contributed by atoms with van der Waals surface area (Å²) in [7, 11) is 0. The average Bonchev–Trinajstić information content (AvgIpc) is 2.55. The first kappa shape index (κ1) is 18.5. The van der Waals surface area contributed by atoms with Crippen molar-refractivity contribution in [3.05, 3.63) is 58.2 Å². The minimum atomic E-state index is -1.34. The molecule has 0 radical (unpaired) electrons. The van der Waals surface area contributed by atoms with Gasteiger partial charge < -0.3 is 10.2 Å². The Morgan fingerprint density at radius 1 is 1.29 bits per heavy atom. The predicted molar refractivity (Wildman–Crippen MR) is 96.7 cm³/mol. The molecule has 2 rings (SSSR count). The Morgan fingerprint density at radius 3 is 2.54 bits per heavy atom. The van der Waals surface area contributed by atoms with Crippen molar-refractivity contribution in [1.29, 1.82) is 0 Å². The normalized spacial score (nSPS) is 20.3. The summed E-state index contributed by atoms with van der Waals surface area (Å²) in [6, 6.07) is 5.68. The summed E-state index contributed by atoms with van der Waals surface area (Å²) < 4.78 is 0. The van der Waals surface area contributed by atoms with Crippen molar-refractivity contribution in [3.63, 3.8) is 0 Å². The first-order valence-corrected chi connectivity index (χ1v) is 9.02. The zero-order valence-electron chi connectivity index (χ0n) is 13.8. The second-order valence-electron chi connectivity index (χ2n) is 5.99. The third-order valence-electron chi connectivity index (χ3n) is 4.67. The van der Waals surface area contributed by atoms with Crippen LogP contribution >= 0.6 is 15.9 Å². The number of rotatable bonds is 6. The van der Waals surface area contributed by atoms with Crippen LogP contribution in [0.25, 0.3) is 0 Å². The standard InChI is InChI=1S/C19H21BrO4/c1-3-13-5-4-6-16(14(13)8-10-20)19(18(23)24)9-7-12(2)15(11-19)17(21)22/h4-7,9H,3,8,10-11H2,1-2H3,(H,21,22)(H,23,24). The molecule has 0 aliphatic heterocycles. The largest absolute Gasteiger partial charge is 0.480 e. The van der Waals surface area contributed by atoms with E-state index < -0.39 is 17.4 Å². The molecule has 0 amide bonds. The molecule has 4 nitrogen and oxygen atoms in total. The van der Waals surface area contributed by atoms with Crippen molar-refractivity contribution in [2.24, 2.45) is 0 Å². The highest BCUT2D eigenvalue weighted by atomic mass is 79.9. The van der Waals surface area contributed by atoms with E-state index in [9.17, 15) is 19.8 Å². The Kier molecular flexibility index (Phi) is 5.65. The molecule has 0 aromatic heterocycles. The second kappa shape index (κ2) is 7.34. The lowest BCUT2D eigenvalue weighted by Gasteiger charge is -2.33. The average molecular weight is 393 g/mol. The molecule has 1 aromatic rings. The van der Waals surface area contributed by atoms with Gasteiger partial charge in [0.2, 0.25) is 0 Å².